The highest BCUT2D eigenvalue weighted by Gasteiger charge is 2.32. The Morgan fingerprint density at radius 1 is 1.02 bits per heavy atom. The summed E-state index contributed by atoms with van der Waals surface area (Å²) in [4.78, 5) is 36.5. The second-order valence-corrected chi connectivity index (χ2v) is 11.5. The summed E-state index contributed by atoms with van der Waals surface area (Å²) in [5, 5.41) is 19.6. The van der Waals surface area contributed by atoms with Gasteiger partial charge in [-0.3, -0.25) is 4.79 Å². The van der Waals surface area contributed by atoms with E-state index in [2.05, 4.69) is 43.8 Å². The second kappa shape index (κ2) is 16.7. The topological polar surface area (TPSA) is 157 Å². The predicted molar refractivity (Wildman–Crippen MR) is 187 cm³/mol. The molecule has 0 aromatic heterocycles. The zero-order valence-electron chi connectivity index (χ0n) is 25.8. The first-order valence-electron chi connectivity index (χ1n) is 14.5. The molecule has 246 valence electrons. The number of esters is 1. The molecule has 1 amide bonds. The molecule has 3 aromatic rings. The minimum atomic E-state index is -0.994. The lowest BCUT2D eigenvalue weighted by atomic mass is 9.95. The van der Waals surface area contributed by atoms with Gasteiger partial charge in [0.1, 0.15) is 12.4 Å². The summed E-state index contributed by atoms with van der Waals surface area (Å²) in [6, 6.07) is 16.4. The van der Waals surface area contributed by atoms with E-state index in [1.165, 1.54) is 18.3 Å². The molecule has 0 aliphatic carbocycles. The van der Waals surface area contributed by atoms with E-state index in [9.17, 15) is 14.4 Å². The number of carboxylic acid groups (broad SMARTS) is 1. The number of benzene rings is 3. The molecule has 0 bridgehead atoms. The fourth-order valence-corrected chi connectivity index (χ4v) is 5.63. The number of hydrogen-bond donors (Lipinski definition) is 4. The summed E-state index contributed by atoms with van der Waals surface area (Å²) in [6.45, 7) is 5.79. The van der Waals surface area contributed by atoms with Gasteiger partial charge in [0.15, 0.2) is 23.2 Å². The van der Waals surface area contributed by atoms with E-state index in [0.717, 1.165) is 9.13 Å². The first-order valence-corrected chi connectivity index (χ1v) is 16.0. The number of carbonyl (C=O) groups excluding carboxylic acids is 2. The van der Waals surface area contributed by atoms with Gasteiger partial charge >= 0.3 is 11.9 Å². The maximum Gasteiger partial charge on any atom is 0.338 e. The second-order valence-electron chi connectivity index (χ2n) is 9.96. The Bertz CT molecular complexity index is 1710. The van der Waals surface area contributed by atoms with Crippen molar-refractivity contribution in [1.29, 1.82) is 0 Å². The van der Waals surface area contributed by atoms with Crippen LogP contribution < -0.4 is 30.3 Å². The quantitative estimate of drug-likeness (QED) is 0.0584. The fourth-order valence-electron chi connectivity index (χ4n) is 4.58. The normalized spacial score (nSPS) is 14.2. The summed E-state index contributed by atoms with van der Waals surface area (Å²) in [5.74, 6) is -0.585. The molecule has 47 heavy (non-hydrogen) atoms. The van der Waals surface area contributed by atoms with Crippen LogP contribution in [0.5, 0.6) is 17.2 Å². The van der Waals surface area contributed by atoms with Crippen LogP contribution in [0.15, 0.2) is 77.0 Å². The van der Waals surface area contributed by atoms with Gasteiger partial charge in [0.2, 0.25) is 0 Å². The number of para-hydroxylation sites is 1. The number of halogens is 1. The zero-order chi connectivity index (χ0) is 33.9. The van der Waals surface area contributed by atoms with E-state index in [4.69, 9.17) is 36.3 Å². The third-order valence-corrected chi connectivity index (χ3v) is 7.69. The Kier molecular flexibility index (Phi) is 12.5. The molecular weight excluding hydrogens is 739 g/mol. The number of ether oxygens (including phenoxy) is 4. The Labute approximate surface area is 290 Å². The summed E-state index contributed by atoms with van der Waals surface area (Å²) in [7, 11) is 0. The van der Waals surface area contributed by atoms with Gasteiger partial charge in [-0.15, -0.1) is 0 Å². The molecular formula is C33H33IN4O8S. The molecule has 0 fully saturated rings. The minimum absolute atomic E-state index is 0.196. The van der Waals surface area contributed by atoms with Crippen LogP contribution in [0, 0.1) is 3.57 Å². The first-order chi connectivity index (χ1) is 22.6. The molecule has 0 unspecified atom stereocenters. The first kappa shape index (κ1) is 35.2. The smallest absolute Gasteiger partial charge is 0.338 e. The molecule has 0 spiro atoms. The van der Waals surface area contributed by atoms with Crippen LogP contribution in [0.4, 0.5) is 0 Å². The van der Waals surface area contributed by atoms with Crippen LogP contribution in [0.25, 0.3) is 0 Å². The van der Waals surface area contributed by atoms with Gasteiger partial charge in [-0.1, -0.05) is 30.3 Å². The highest BCUT2D eigenvalue weighted by molar-refractivity contribution is 14.1. The Hall–Kier alpha value is -4.70. The molecule has 14 heteroatoms. The number of carbonyl (C=O) groups is 3. The van der Waals surface area contributed by atoms with Gasteiger partial charge in [0.05, 0.1) is 40.2 Å². The fraction of sp³-hybridized carbons (Fsp3) is 0.242. The predicted octanol–water partition coefficient (Wildman–Crippen LogP) is 4.85. The third kappa shape index (κ3) is 9.42. The zero-order valence-corrected chi connectivity index (χ0v) is 28.8. The van der Waals surface area contributed by atoms with Crippen LogP contribution >= 0.6 is 34.8 Å². The minimum Gasteiger partial charge on any atom is -0.490 e. The number of aromatic carboxylic acids is 1. The van der Waals surface area contributed by atoms with Gasteiger partial charge in [-0.25, -0.2) is 15.0 Å². The number of nitrogens with one attached hydrogen (secondary N) is 3. The number of allylic oxidation sites excluding steroid dienone is 1. The molecule has 1 aliphatic heterocycles. The van der Waals surface area contributed by atoms with E-state index in [-0.39, 0.29) is 25.4 Å². The molecule has 0 saturated heterocycles. The van der Waals surface area contributed by atoms with E-state index >= 15 is 0 Å². The molecule has 12 nitrogen and oxygen atoms in total. The maximum atomic E-state index is 12.8. The maximum absolute atomic E-state index is 12.8. The molecule has 4 N–H and O–H groups in total. The van der Waals surface area contributed by atoms with Crippen molar-refractivity contribution in [1.82, 2.24) is 16.1 Å². The monoisotopic (exact) mass is 772 g/mol. The Balaban J connectivity index is 1.40. The number of hydrazone groups is 1. The highest BCUT2D eigenvalue weighted by atomic mass is 127. The van der Waals surface area contributed by atoms with Crippen molar-refractivity contribution >= 4 is 64.0 Å². The number of carboxylic acids is 1. The van der Waals surface area contributed by atoms with Crippen molar-refractivity contribution in [2.75, 3.05) is 19.8 Å². The molecule has 4 rings (SSSR count). The number of thiocarbonyl (C=S) groups is 1. The standard InChI is InChI=1S/C33H33IN4O8S/c1-4-43-26-15-21(14-24(34)30(26)46-17-20-10-12-22(13-11-20)31(40)41)16-35-38-27(39)18-45-25-9-7-6-8-23(25)29-28(32(42)44-5-2)19(3)36-33(47)37-29/h6-16,29H,4-5,17-18H2,1-3H3,(H,38,39)(H,40,41)(H2,36,37,47)/t29-/m1/s1. The van der Waals surface area contributed by atoms with Crippen molar-refractivity contribution in [2.45, 2.75) is 33.4 Å². The number of rotatable bonds is 14. The molecule has 0 saturated carbocycles. The SMILES string of the molecule is CCOC(=O)C1=C(C)NC(=S)N[C@@H]1c1ccccc1OCC(=O)NN=Cc1cc(I)c(OCc2ccc(C(=O)O)cc2)c(OCC)c1. The van der Waals surface area contributed by atoms with Crippen LogP contribution in [0.2, 0.25) is 0 Å². The molecule has 1 atom stereocenters. The van der Waals surface area contributed by atoms with Crippen molar-refractivity contribution in [3.8, 4) is 17.2 Å². The van der Waals surface area contributed by atoms with Crippen LogP contribution in [-0.4, -0.2) is 54.1 Å². The van der Waals surface area contributed by atoms with Crippen LogP contribution in [0.1, 0.15) is 53.9 Å². The lowest BCUT2D eigenvalue weighted by Gasteiger charge is -2.30. The van der Waals surface area contributed by atoms with Gasteiger partial charge in [0.25, 0.3) is 5.91 Å². The third-order valence-electron chi connectivity index (χ3n) is 6.67. The Morgan fingerprint density at radius 2 is 1.77 bits per heavy atom. The average Bonchev–Trinajstić information content (AvgIpc) is 3.03. The lowest BCUT2D eigenvalue weighted by molar-refractivity contribution is -0.139. The number of nitrogens with zero attached hydrogens (tertiary/aromatic N) is 1. The summed E-state index contributed by atoms with van der Waals surface area (Å²) >= 11 is 7.45. The van der Waals surface area contributed by atoms with E-state index < -0.39 is 23.9 Å². The van der Waals surface area contributed by atoms with Gasteiger partial charge in [0, 0.05) is 11.3 Å². The van der Waals surface area contributed by atoms with Gasteiger partial charge < -0.3 is 34.7 Å². The summed E-state index contributed by atoms with van der Waals surface area (Å²) < 4.78 is 23.7. The molecule has 1 aliphatic rings. The number of hydrogen-bond acceptors (Lipinski definition) is 9. The molecule has 3 aromatic carbocycles. The van der Waals surface area contributed by atoms with Crippen molar-refractivity contribution in [3.05, 3.63) is 97.8 Å². The van der Waals surface area contributed by atoms with E-state index in [1.807, 2.05) is 13.0 Å². The lowest BCUT2D eigenvalue weighted by Crippen LogP contribution is -2.45. The largest absolute Gasteiger partial charge is 0.490 e. The summed E-state index contributed by atoms with van der Waals surface area (Å²) in [5.41, 5.74) is 5.64. The molecule has 0 radical (unpaired) electrons. The Morgan fingerprint density at radius 3 is 2.47 bits per heavy atom. The van der Waals surface area contributed by atoms with Gasteiger partial charge in [-0.05, 0) is 97.0 Å². The van der Waals surface area contributed by atoms with Crippen molar-refractivity contribution < 1.29 is 38.4 Å². The average molecular weight is 773 g/mol. The van der Waals surface area contributed by atoms with Crippen LogP contribution in [0.3, 0.4) is 0 Å². The van der Waals surface area contributed by atoms with E-state index in [1.54, 1.807) is 56.3 Å². The van der Waals surface area contributed by atoms with Crippen molar-refractivity contribution in [3.63, 3.8) is 0 Å². The van der Waals surface area contributed by atoms with Gasteiger partial charge in [-0.2, -0.15) is 5.10 Å². The van der Waals surface area contributed by atoms with Crippen molar-refractivity contribution in [2.24, 2.45) is 5.10 Å². The molecule has 1 heterocycles. The summed E-state index contributed by atoms with van der Waals surface area (Å²) in [6.07, 6.45) is 1.48. The highest BCUT2D eigenvalue weighted by Crippen LogP contribution is 2.35. The van der Waals surface area contributed by atoms with E-state index in [0.29, 0.717) is 51.4 Å². The number of amides is 1. The van der Waals surface area contributed by atoms with Crippen LogP contribution in [-0.2, 0) is 20.9 Å².